The van der Waals surface area contributed by atoms with E-state index in [0.29, 0.717) is 0 Å². The Hall–Kier alpha value is -0.0400. The molecule has 0 bridgehead atoms. The predicted octanol–water partition coefficient (Wildman–Crippen LogP) is 4.18. The van der Waals surface area contributed by atoms with Crippen molar-refractivity contribution in [1.82, 2.24) is 4.90 Å². The molecule has 0 aliphatic carbocycles. The highest BCUT2D eigenvalue weighted by Gasteiger charge is 2.15. The number of rotatable bonds is 1. The van der Waals surface area contributed by atoms with Gasteiger partial charge < -0.3 is 4.90 Å². The van der Waals surface area contributed by atoms with Crippen LogP contribution in [0.5, 0.6) is 0 Å². The number of hydrogen-bond acceptors (Lipinski definition) is 1. The first kappa shape index (κ1) is 18.7. The highest BCUT2D eigenvalue weighted by Crippen LogP contribution is 2.08. The third-order valence-electron chi connectivity index (χ3n) is 1.62. The summed E-state index contributed by atoms with van der Waals surface area (Å²) < 4.78 is 0. The zero-order chi connectivity index (χ0) is 11.3. The van der Waals surface area contributed by atoms with E-state index in [2.05, 4.69) is 18.7 Å². The summed E-state index contributed by atoms with van der Waals surface area (Å²) in [6.07, 6.45) is 1.41. The Kier molecular flexibility index (Phi) is 25.7. The second-order valence-corrected chi connectivity index (χ2v) is 2.48. The molecule has 0 spiro atoms. The van der Waals surface area contributed by atoms with E-state index in [1.807, 2.05) is 41.5 Å². The van der Waals surface area contributed by atoms with Crippen LogP contribution in [-0.4, -0.2) is 24.0 Å². The molecule has 1 heterocycles. The van der Waals surface area contributed by atoms with Crippen LogP contribution in [0.4, 0.5) is 0 Å². The van der Waals surface area contributed by atoms with Crippen LogP contribution < -0.4 is 0 Å². The third kappa shape index (κ3) is 12.0. The van der Waals surface area contributed by atoms with E-state index in [1.54, 1.807) is 0 Å². The molecule has 0 atom stereocenters. The van der Waals surface area contributed by atoms with Crippen LogP contribution >= 0.6 is 0 Å². The minimum Gasteiger partial charge on any atom is -0.301 e. The summed E-state index contributed by atoms with van der Waals surface area (Å²) >= 11 is 0. The lowest BCUT2D eigenvalue weighted by molar-refractivity contribution is 0.138. The second kappa shape index (κ2) is 17.9. The van der Waals surface area contributed by atoms with Crippen molar-refractivity contribution in [2.75, 3.05) is 13.1 Å². The van der Waals surface area contributed by atoms with Gasteiger partial charge in [0.05, 0.1) is 0 Å². The van der Waals surface area contributed by atoms with E-state index in [1.165, 1.54) is 19.5 Å². The molecular weight excluding hydrogens is 158 g/mol. The Labute approximate surface area is 86.5 Å². The molecule has 0 unspecified atom stereocenters. The summed E-state index contributed by atoms with van der Waals surface area (Å²) in [5, 5.41) is 0. The molecule has 0 aromatic rings. The molecule has 0 aromatic heterocycles. The van der Waals surface area contributed by atoms with Gasteiger partial charge in [0, 0.05) is 6.04 Å². The maximum absolute atomic E-state index is 2.47. The van der Waals surface area contributed by atoms with Gasteiger partial charge in [-0.1, -0.05) is 41.5 Å². The van der Waals surface area contributed by atoms with Gasteiger partial charge in [0.2, 0.25) is 0 Å². The van der Waals surface area contributed by atoms with Gasteiger partial charge in [0.15, 0.2) is 0 Å². The molecule has 1 heteroatoms. The van der Waals surface area contributed by atoms with Crippen LogP contribution in [0.3, 0.4) is 0 Å². The van der Waals surface area contributed by atoms with Crippen LogP contribution in [0, 0.1) is 0 Å². The maximum atomic E-state index is 2.47. The Bertz CT molecular complexity index is 56.1. The average Bonchev–Trinajstić information content (AvgIpc) is 2.11. The van der Waals surface area contributed by atoms with Crippen LogP contribution in [0.25, 0.3) is 0 Å². The molecule has 84 valence electrons. The van der Waals surface area contributed by atoms with Gasteiger partial charge in [-0.2, -0.15) is 0 Å². The standard InChI is InChI=1S/C6H13N.3C2H6/c1-6(2)7-4-3-5-7;3*1-2/h6H,3-5H2,1-2H3;3*1-2H3. The fourth-order valence-electron chi connectivity index (χ4n) is 0.857. The van der Waals surface area contributed by atoms with Gasteiger partial charge in [0.1, 0.15) is 0 Å². The molecule has 1 fully saturated rings. The van der Waals surface area contributed by atoms with Crippen molar-refractivity contribution in [3.63, 3.8) is 0 Å². The monoisotopic (exact) mass is 189 g/mol. The second-order valence-electron chi connectivity index (χ2n) is 2.48. The maximum Gasteiger partial charge on any atom is 0.00386 e. The molecule has 0 amide bonds. The van der Waals surface area contributed by atoms with Crippen molar-refractivity contribution >= 4 is 0 Å². The lowest BCUT2D eigenvalue weighted by Crippen LogP contribution is -2.41. The van der Waals surface area contributed by atoms with E-state index < -0.39 is 0 Å². The zero-order valence-corrected chi connectivity index (χ0v) is 11.1. The molecule has 1 saturated heterocycles. The topological polar surface area (TPSA) is 3.24 Å². The molecule has 1 rings (SSSR count). The zero-order valence-electron chi connectivity index (χ0n) is 11.1. The Morgan fingerprint density at radius 2 is 1.08 bits per heavy atom. The number of nitrogens with zero attached hydrogens (tertiary/aromatic N) is 1. The smallest absolute Gasteiger partial charge is 0.00386 e. The number of hydrogen-bond donors (Lipinski definition) is 0. The minimum absolute atomic E-state index is 0.786. The van der Waals surface area contributed by atoms with Gasteiger partial charge in [-0.05, 0) is 33.4 Å². The van der Waals surface area contributed by atoms with Crippen molar-refractivity contribution in [1.29, 1.82) is 0 Å². The van der Waals surface area contributed by atoms with Gasteiger partial charge in [-0.15, -0.1) is 0 Å². The third-order valence-corrected chi connectivity index (χ3v) is 1.62. The SMILES string of the molecule is CC.CC.CC.CC(C)N1CCC1. The lowest BCUT2D eigenvalue weighted by atomic mass is 10.2. The van der Waals surface area contributed by atoms with Crippen LogP contribution in [0.15, 0.2) is 0 Å². The molecule has 13 heavy (non-hydrogen) atoms. The van der Waals surface area contributed by atoms with Crippen molar-refractivity contribution in [2.24, 2.45) is 0 Å². The van der Waals surface area contributed by atoms with E-state index in [-0.39, 0.29) is 0 Å². The molecule has 0 N–H and O–H groups in total. The number of likely N-dealkylation sites (tertiary alicyclic amines) is 1. The largest absolute Gasteiger partial charge is 0.301 e. The quantitative estimate of drug-likeness (QED) is 0.598. The summed E-state index contributed by atoms with van der Waals surface area (Å²) in [5.74, 6) is 0. The van der Waals surface area contributed by atoms with Gasteiger partial charge >= 0.3 is 0 Å². The minimum atomic E-state index is 0.786. The van der Waals surface area contributed by atoms with Crippen molar-refractivity contribution in [3.05, 3.63) is 0 Å². The highest BCUT2D eigenvalue weighted by molar-refractivity contribution is 4.71. The molecular formula is C12H31N. The normalized spacial score (nSPS) is 13.6. The van der Waals surface area contributed by atoms with Crippen LogP contribution in [-0.2, 0) is 0 Å². The predicted molar refractivity (Wildman–Crippen MR) is 65.4 cm³/mol. The van der Waals surface area contributed by atoms with Crippen molar-refractivity contribution in [2.45, 2.75) is 67.9 Å². The summed E-state index contributed by atoms with van der Waals surface area (Å²) in [6, 6.07) is 0.786. The van der Waals surface area contributed by atoms with Gasteiger partial charge in [-0.25, -0.2) is 0 Å². The first-order chi connectivity index (χ1) is 6.30. The summed E-state index contributed by atoms with van der Waals surface area (Å²) in [4.78, 5) is 2.47. The first-order valence-corrected chi connectivity index (χ1v) is 6.05. The molecule has 1 aliphatic heterocycles. The molecule has 0 aromatic carbocycles. The Morgan fingerprint density at radius 1 is 0.769 bits per heavy atom. The van der Waals surface area contributed by atoms with Gasteiger partial charge in [0.25, 0.3) is 0 Å². The van der Waals surface area contributed by atoms with Gasteiger partial charge in [-0.3, -0.25) is 0 Å². The molecule has 0 radical (unpaired) electrons. The molecule has 1 nitrogen and oxygen atoms in total. The Balaban J connectivity index is -0.000000144. The first-order valence-electron chi connectivity index (χ1n) is 6.05. The molecule has 0 saturated carbocycles. The molecule has 1 aliphatic rings. The van der Waals surface area contributed by atoms with Crippen molar-refractivity contribution in [3.8, 4) is 0 Å². The Morgan fingerprint density at radius 3 is 1.08 bits per heavy atom. The summed E-state index contributed by atoms with van der Waals surface area (Å²) in [7, 11) is 0. The van der Waals surface area contributed by atoms with Crippen LogP contribution in [0.1, 0.15) is 61.8 Å². The average molecular weight is 189 g/mol. The fraction of sp³-hybridized carbons (Fsp3) is 1.00. The van der Waals surface area contributed by atoms with E-state index in [9.17, 15) is 0 Å². The van der Waals surface area contributed by atoms with E-state index in [0.717, 1.165) is 6.04 Å². The fourth-order valence-corrected chi connectivity index (χ4v) is 0.857. The summed E-state index contributed by atoms with van der Waals surface area (Å²) in [5.41, 5.74) is 0. The summed E-state index contributed by atoms with van der Waals surface area (Å²) in [6.45, 7) is 19.2. The lowest BCUT2D eigenvalue weighted by Gasteiger charge is -2.34. The van der Waals surface area contributed by atoms with E-state index in [4.69, 9.17) is 0 Å². The van der Waals surface area contributed by atoms with Crippen LogP contribution in [0.2, 0.25) is 0 Å². The van der Waals surface area contributed by atoms with Crippen molar-refractivity contribution < 1.29 is 0 Å². The highest BCUT2D eigenvalue weighted by atomic mass is 15.2. The van der Waals surface area contributed by atoms with E-state index >= 15 is 0 Å².